The molecule has 0 radical (unpaired) electrons. The fourth-order valence-electron chi connectivity index (χ4n) is 3.45. The van der Waals surface area contributed by atoms with E-state index < -0.39 is 35.1 Å². The van der Waals surface area contributed by atoms with Gasteiger partial charge in [0.2, 0.25) is 17.7 Å². The molecule has 1 atom stereocenters. The van der Waals surface area contributed by atoms with E-state index in [4.69, 9.17) is 6.42 Å². The number of rotatable bonds is 6. The van der Waals surface area contributed by atoms with E-state index in [1.165, 1.54) is 0 Å². The SMILES string of the molecule is C#CC(C)(C)C(=O)NCCCc1ccc2c(c1)C(=O)N(C1CCC(=O)NC1=O)C2=O. The van der Waals surface area contributed by atoms with Gasteiger partial charge < -0.3 is 5.32 Å². The van der Waals surface area contributed by atoms with Crippen molar-refractivity contribution in [1.29, 1.82) is 0 Å². The highest BCUT2D eigenvalue weighted by atomic mass is 16.2. The van der Waals surface area contributed by atoms with Gasteiger partial charge in [-0.2, -0.15) is 0 Å². The standard InChI is InChI=1S/C22H23N3O5/c1-4-22(2,3)21(30)23-11-5-6-13-7-8-14-15(12-13)20(29)25(19(14)28)16-9-10-17(26)24-18(16)27/h1,7-8,12,16H,5-6,9-11H2,2-3H3,(H,23,30)(H,24,26,27). The lowest BCUT2D eigenvalue weighted by Crippen LogP contribution is -2.54. The minimum Gasteiger partial charge on any atom is -0.355 e. The normalized spacial score (nSPS) is 18.7. The minimum absolute atomic E-state index is 0.0806. The van der Waals surface area contributed by atoms with Crippen molar-refractivity contribution in [3.8, 4) is 12.3 Å². The second kappa shape index (κ2) is 8.11. The Hall–Kier alpha value is -3.47. The van der Waals surface area contributed by atoms with Crippen LogP contribution in [-0.4, -0.2) is 47.0 Å². The molecule has 0 aliphatic carbocycles. The molecule has 5 amide bonds. The molecule has 2 aliphatic heterocycles. The average Bonchev–Trinajstić information content (AvgIpc) is 2.95. The Labute approximate surface area is 174 Å². The minimum atomic E-state index is -0.978. The lowest BCUT2D eigenvalue weighted by atomic mass is 9.94. The Morgan fingerprint density at radius 2 is 1.93 bits per heavy atom. The van der Waals surface area contributed by atoms with Crippen molar-refractivity contribution in [2.24, 2.45) is 5.41 Å². The first-order valence-corrected chi connectivity index (χ1v) is 9.76. The molecule has 30 heavy (non-hydrogen) atoms. The number of hydrogen-bond donors (Lipinski definition) is 2. The summed E-state index contributed by atoms with van der Waals surface area (Å²) < 4.78 is 0. The summed E-state index contributed by atoms with van der Waals surface area (Å²) in [6.45, 7) is 3.76. The van der Waals surface area contributed by atoms with Gasteiger partial charge in [-0.05, 0) is 50.8 Å². The van der Waals surface area contributed by atoms with Gasteiger partial charge in [0.15, 0.2) is 0 Å². The zero-order chi connectivity index (χ0) is 22.1. The third-order valence-electron chi connectivity index (χ3n) is 5.36. The number of aryl methyl sites for hydroxylation is 1. The van der Waals surface area contributed by atoms with Crippen molar-refractivity contribution >= 4 is 29.5 Å². The summed E-state index contributed by atoms with van der Waals surface area (Å²) >= 11 is 0. The molecule has 1 aromatic carbocycles. The van der Waals surface area contributed by atoms with Crippen LogP contribution in [0.1, 0.15) is 59.4 Å². The first-order chi connectivity index (χ1) is 14.2. The van der Waals surface area contributed by atoms with Gasteiger partial charge in [0.1, 0.15) is 11.5 Å². The Morgan fingerprint density at radius 1 is 1.23 bits per heavy atom. The number of terminal acetylenes is 1. The van der Waals surface area contributed by atoms with E-state index in [0.717, 1.165) is 10.5 Å². The van der Waals surface area contributed by atoms with Crippen LogP contribution >= 0.6 is 0 Å². The number of fused-ring (bicyclic) bond motifs is 1. The van der Waals surface area contributed by atoms with Gasteiger partial charge in [-0.1, -0.05) is 12.0 Å². The number of nitrogens with one attached hydrogen (secondary N) is 2. The van der Waals surface area contributed by atoms with Gasteiger partial charge in [-0.25, -0.2) is 0 Å². The summed E-state index contributed by atoms with van der Waals surface area (Å²) in [5, 5.41) is 4.96. The monoisotopic (exact) mass is 409 g/mol. The Morgan fingerprint density at radius 3 is 2.60 bits per heavy atom. The van der Waals surface area contributed by atoms with E-state index in [9.17, 15) is 24.0 Å². The first-order valence-electron chi connectivity index (χ1n) is 9.76. The van der Waals surface area contributed by atoms with Crippen LogP contribution < -0.4 is 10.6 Å². The fraction of sp³-hybridized carbons (Fsp3) is 0.409. The predicted octanol–water partition coefficient (Wildman–Crippen LogP) is 0.796. The molecule has 2 aliphatic rings. The van der Waals surface area contributed by atoms with Crippen molar-refractivity contribution in [3.63, 3.8) is 0 Å². The summed E-state index contributed by atoms with van der Waals surface area (Å²) in [5.41, 5.74) is 0.461. The summed E-state index contributed by atoms with van der Waals surface area (Å²) in [7, 11) is 0. The molecule has 1 saturated heterocycles. The lowest BCUT2D eigenvalue weighted by Gasteiger charge is -2.27. The number of imide groups is 2. The van der Waals surface area contributed by atoms with Crippen molar-refractivity contribution < 1.29 is 24.0 Å². The van der Waals surface area contributed by atoms with E-state index in [1.807, 2.05) is 0 Å². The molecular weight excluding hydrogens is 386 g/mol. The average molecular weight is 409 g/mol. The third kappa shape index (κ3) is 3.96. The Bertz CT molecular complexity index is 989. The van der Waals surface area contributed by atoms with Gasteiger partial charge in [0.25, 0.3) is 11.8 Å². The fourth-order valence-corrected chi connectivity index (χ4v) is 3.45. The Balaban J connectivity index is 1.64. The maximum absolute atomic E-state index is 12.8. The topological polar surface area (TPSA) is 113 Å². The molecule has 1 unspecified atom stereocenters. The molecule has 0 spiro atoms. The van der Waals surface area contributed by atoms with Crippen molar-refractivity contribution in [2.75, 3.05) is 6.54 Å². The van der Waals surface area contributed by atoms with Crippen LogP contribution in [0.5, 0.6) is 0 Å². The Kier molecular flexibility index (Phi) is 5.74. The number of nitrogens with zero attached hydrogens (tertiary/aromatic N) is 1. The molecular formula is C22H23N3O5. The number of amides is 5. The van der Waals surface area contributed by atoms with Crippen molar-refractivity contribution in [3.05, 3.63) is 34.9 Å². The second-order valence-electron chi connectivity index (χ2n) is 7.96. The molecule has 2 N–H and O–H groups in total. The molecule has 156 valence electrons. The van der Waals surface area contributed by atoms with E-state index in [2.05, 4.69) is 16.6 Å². The molecule has 1 aromatic rings. The summed E-state index contributed by atoms with van der Waals surface area (Å²) in [6, 6.07) is 4.00. The zero-order valence-corrected chi connectivity index (χ0v) is 16.9. The highest BCUT2D eigenvalue weighted by Gasteiger charge is 2.44. The van der Waals surface area contributed by atoms with Crippen molar-refractivity contribution in [2.45, 2.75) is 45.6 Å². The van der Waals surface area contributed by atoms with E-state index in [-0.39, 0.29) is 29.9 Å². The number of hydrogen-bond acceptors (Lipinski definition) is 5. The summed E-state index contributed by atoms with van der Waals surface area (Å²) in [5.74, 6) is 0.116. The molecule has 3 rings (SSSR count). The van der Waals surface area contributed by atoms with Gasteiger partial charge in [0, 0.05) is 13.0 Å². The highest BCUT2D eigenvalue weighted by molar-refractivity contribution is 6.23. The van der Waals surface area contributed by atoms with Gasteiger partial charge in [-0.3, -0.25) is 34.2 Å². The van der Waals surface area contributed by atoms with Crippen LogP contribution in [0.3, 0.4) is 0 Å². The first kappa shape index (κ1) is 21.2. The number of benzene rings is 1. The van der Waals surface area contributed by atoms with Crippen LogP contribution in [0, 0.1) is 17.8 Å². The van der Waals surface area contributed by atoms with E-state index in [1.54, 1.807) is 32.0 Å². The highest BCUT2D eigenvalue weighted by Crippen LogP contribution is 2.28. The molecule has 0 saturated carbocycles. The second-order valence-corrected chi connectivity index (χ2v) is 7.96. The third-order valence-corrected chi connectivity index (χ3v) is 5.36. The van der Waals surface area contributed by atoms with Crippen LogP contribution in [0.25, 0.3) is 0 Å². The maximum atomic E-state index is 12.8. The maximum Gasteiger partial charge on any atom is 0.262 e. The summed E-state index contributed by atoms with van der Waals surface area (Å²) in [4.78, 5) is 61.9. The lowest BCUT2D eigenvalue weighted by molar-refractivity contribution is -0.136. The number of piperidine rings is 1. The molecule has 2 heterocycles. The van der Waals surface area contributed by atoms with Gasteiger partial charge in [0.05, 0.1) is 11.1 Å². The van der Waals surface area contributed by atoms with E-state index >= 15 is 0 Å². The molecule has 8 nitrogen and oxygen atoms in total. The van der Waals surface area contributed by atoms with Crippen LogP contribution in [-0.2, 0) is 20.8 Å². The summed E-state index contributed by atoms with van der Waals surface area (Å²) in [6.07, 6.45) is 6.76. The molecule has 0 aromatic heterocycles. The smallest absolute Gasteiger partial charge is 0.262 e. The number of carbonyl (C=O) groups excluding carboxylic acids is 5. The van der Waals surface area contributed by atoms with Gasteiger partial charge in [-0.15, -0.1) is 6.42 Å². The van der Waals surface area contributed by atoms with E-state index in [0.29, 0.717) is 19.4 Å². The molecule has 1 fully saturated rings. The molecule has 8 heteroatoms. The number of carbonyl (C=O) groups is 5. The molecule has 0 bridgehead atoms. The predicted molar refractivity (Wildman–Crippen MR) is 107 cm³/mol. The van der Waals surface area contributed by atoms with Crippen LogP contribution in [0.2, 0.25) is 0 Å². The van der Waals surface area contributed by atoms with Crippen LogP contribution in [0.15, 0.2) is 18.2 Å². The zero-order valence-electron chi connectivity index (χ0n) is 16.9. The van der Waals surface area contributed by atoms with Crippen molar-refractivity contribution in [1.82, 2.24) is 15.5 Å². The van der Waals surface area contributed by atoms with Gasteiger partial charge >= 0.3 is 0 Å². The largest absolute Gasteiger partial charge is 0.355 e. The quantitative estimate of drug-likeness (QED) is 0.410. The van der Waals surface area contributed by atoms with Crippen LogP contribution in [0.4, 0.5) is 0 Å².